The van der Waals surface area contributed by atoms with E-state index in [1.807, 2.05) is 30.3 Å². The zero-order valence-electron chi connectivity index (χ0n) is 12.3. The molecule has 3 rings (SSSR count). The lowest BCUT2D eigenvalue weighted by Crippen LogP contribution is -2.04. The van der Waals surface area contributed by atoms with Gasteiger partial charge in [-0.1, -0.05) is 12.1 Å². The molecule has 6 heteroatoms. The molecule has 1 heterocycles. The van der Waals surface area contributed by atoms with E-state index in [9.17, 15) is 8.78 Å². The van der Waals surface area contributed by atoms with Gasteiger partial charge < -0.3 is 9.47 Å². The Labute approximate surface area is 131 Å². The molecule has 0 amide bonds. The normalized spacial score (nSPS) is 11.0. The number of ether oxygens (including phenoxy) is 2. The Hall–Kier alpha value is -2.76. The number of hydrogen-bond donors (Lipinski definition) is 0. The SMILES string of the molecule is [CH2]c1cc(-c2ccc(OC)cc2)c2ncc(OC(F)F)nc2c1. The van der Waals surface area contributed by atoms with Gasteiger partial charge in [-0.2, -0.15) is 8.78 Å². The first-order chi connectivity index (χ1) is 11.1. The predicted molar refractivity (Wildman–Crippen MR) is 82.6 cm³/mol. The van der Waals surface area contributed by atoms with Gasteiger partial charge in [0.15, 0.2) is 0 Å². The molecule has 0 spiro atoms. The van der Waals surface area contributed by atoms with E-state index in [-0.39, 0.29) is 5.88 Å². The molecule has 0 atom stereocenters. The maximum Gasteiger partial charge on any atom is 0.388 e. The predicted octanol–water partition coefficient (Wildman–Crippen LogP) is 4.09. The van der Waals surface area contributed by atoms with E-state index in [1.54, 1.807) is 13.2 Å². The Bertz CT molecular complexity index is 836. The van der Waals surface area contributed by atoms with Crippen LogP contribution in [0.4, 0.5) is 8.78 Å². The molecule has 0 aliphatic heterocycles. The third-order valence-corrected chi connectivity index (χ3v) is 3.30. The van der Waals surface area contributed by atoms with Crippen molar-refractivity contribution in [3.8, 4) is 22.8 Å². The average molecular weight is 315 g/mol. The number of benzene rings is 2. The molecule has 0 saturated heterocycles. The number of aromatic nitrogens is 2. The largest absolute Gasteiger partial charge is 0.497 e. The van der Waals surface area contributed by atoms with Crippen LogP contribution in [0.2, 0.25) is 0 Å². The topological polar surface area (TPSA) is 44.2 Å². The van der Waals surface area contributed by atoms with E-state index in [0.29, 0.717) is 16.6 Å². The summed E-state index contributed by atoms with van der Waals surface area (Å²) in [5.41, 5.74) is 3.45. The molecular weight excluding hydrogens is 302 g/mol. The highest BCUT2D eigenvalue weighted by Gasteiger charge is 2.11. The number of alkyl halides is 2. The first-order valence-corrected chi connectivity index (χ1v) is 6.79. The molecule has 0 saturated carbocycles. The van der Waals surface area contributed by atoms with Crippen molar-refractivity contribution in [2.45, 2.75) is 6.61 Å². The molecule has 0 aliphatic carbocycles. The van der Waals surface area contributed by atoms with Crippen LogP contribution in [0.25, 0.3) is 22.2 Å². The Kier molecular flexibility index (Phi) is 4.06. The summed E-state index contributed by atoms with van der Waals surface area (Å²) in [5, 5.41) is 0. The summed E-state index contributed by atoms with van der Waals surface area (Å²) >= 11 is 0. The first kappa shape index (κ1) is 15.1. The number of nitrogens with zero attached hydrogens (tertiary/aromatic N) is 2. The van der Waals surface area contributed by atoms with Gasteiger partial charge in [0.05, 0.1) is 24.3 Å². The van der Waals surface area contributed by atoms with Crippen molar-refractivity contribution in [2.24, 2.45) is 0 Å². The lowest BCUT2D eigenvalue weighted by atomic mass is 10.0. The Morgan fingerprint density at radius 1 is 1.13 bits per heavy atom. The molecule has 4 nitrogen and oxygen atoms in total. The van der Waals surface area contributed by atoms with Gasteiger partial charge >= 0.3 is 6.61 Å². The van der Waals surface area contributed by atoms with Crippen LogP contribution in [-0.2, 0) is 0 Å². The second-order valence-electron chi connectivity index (χ2n) is 4.83. The van der Waals surface area contributed by atoms with Gasteiger partial charge in [0.25, 0.3) is 0 Å². The van der Waals surface area contributed by atoms with Crippen LogP contribution < -0.4 is 9.47 Å². The fraction of sp³-hybridized carbons (Fsp3) is 0.118. The fourth-order valence-electron chi connectivity index (χ4n) is 2.30. The van der Waals surface area contributed by atoms with Crippen molar-refractivity contribution in [3.05, 3.63) is 55.1 Å². The Morgan fingerprint density at radius 3 is 2.52 bits per heavy atom. The summed E-state index contributed by atoms with van der Waals surface area (Å²) in [4.78, 5) is 8.28. The van der Waals surface area contributed by atoms with Crippen LogP contribution >= 0.6 is 0 Å². The second kappa shape index (κ2) is 6.16. The van der Waals surface area contributed by atoms with Crippen molar-refractivity contribution in [3.63, 3.8) is 0 Å². The lowest BCUT2D eigenvalue weighted by molar-refractivity contribution is -0.0528. The molecule has 117 valence electrons. The summed E-state index contributed by atoms with van der Waals surface area (Å²) in [6, 6.07) is 11.0. The quantitative estimate of drug-likeness (QED) is 0.727. The summed E-state index contributed by atoms with van der Waals surface area (Å²) in [7, 11) is 1.59. The molecule has 23 heavy (non-hydrogen) atoms. The summed E-state index contributed by atoms with van der Waals surface area (Å²) in [5.74, 6) is 0.515. The molecular formula is C17H13F2N2O2. The smallest absolute Gasteiger partial charge is 0.388 e. The third kappa shape index (κ3) is 3.21. The molecule has 0 fully saturated rings. The molecule has 0 aliphatic rings. The van der Waals surface area contributed by atoms with E-state index < -0.39 is 6.61 Å². The summed E-state index contributed by atoms with van der Waals surface area (Å²) in [6.45, 7) is 0.961. The number of rotatable bonds is 4. The molecule has 0 N–H and O–H groups in total. The van der Waals surface area contributed by atoms with Gasteiger partial charge in [0.2, 0.25) is 5.88 Å². The zero-order valence-corrected chi connectivity index (χ0v) is 12.3. The summed E-state index contributed by atoms with van der Waals surface area (Å²) < 4.78 is 34.0. The van der Waals surface area contributed by atoms with E-state index in [4.69, 9.17) is 4.74 Å². The van der Waals surface area contributed by atoms with Crippen molar-refractivity contribution in [1.82, 2.24) is 9.97 Å². The van der Waals surface area contributed by atoms with Gasteiger partial charge in [0, 0.05) is 5.56 Å². The highest BCUT2D eigenvalue weighted by Crippen LogP contribution is 2.30. The van der Waals surface area contributed by atoms with E-state index >= 15 is 0 Å². The van der Waals surface area contributed by atoms with Crippen molar-refractivity contribution >= 4 is 11.0 Å². The average Bonchev–Trinajstić information content (AvgIpc) is 2.53. The third-order valence-electron chi connectivity index (χ3n) is 3.30. The number of halogens is 2. The van der Waals surface area contributed by atoms with Crippen molar-refractivity contribution in [2.75, 3.05) is 7.11 Å². The van der Waals surface area contributed by atoms with E-state index in [1.165, 1.54) is 6.20 Å². The molecule has 0 unspecified atom stereocenters. The minimum atomic E-state index is -2.94. The minimum Gasteiger partial charge on any atom is -0.497 e. The molecule has 0 bridgehead atoms. The molecule has 2 aromatic carbocycles. The van der Waals surface area contributed by atoms with Crippen molar-refractivity contribution < 1.29 is 18.3 Å². The highest BCUT2D eigenvalue weighted by atomic mass is 19.3. The number of methoxy groups -OCH3 is 1. The van der Waals surface area contributed by atoms with Crippen LogP contribution in [0.5, 0.6) is 11.6 Å². The number of fused-ring (bicyclic) bond motifs is 1. The molecule has 1 radical (unpaired) electrons. The van der Waals surface area contributed by atoms with Gasteiger partial charge in [-0.3, -0.25) is 0 Å². The first-order valence-electron chi connectivity index (χ1n) is 6.79. The van der Waals surface area contributed by atoms with E-state index in [2.05, 4.69) is 21.6 Å². The summed E-state index contributed by atoms with van der Waals surface area (Å²) in [6.07, 6.45) is 1.18. The molecule has 3 aromatic rings. The zero-order chi connectivity index (χ0) is 16.4. The van der Waals surface area contributed by atoms with Gasteiger partial charge in [0.1, 0.15) is 5.75 Å². The number of hydrogen-bond acceptors (Lipinski definition) is 4. The fourth-order valence-corrected chi connectivity index (χ4v) is 2.30. The van der Waals surface area contributed by atoms with Crippen molar-refractivity contribution in [1.29, 1.82) is 0 Å². The second-order valence-corrected chi connectivity index (χ2v) is 4.83. The standard InChI is InChI=1S/C17H13F2N2O2/c1-10-7-13(11-3-5-12(22-2)6-4-11)16-14(8-10)21-15(9-20-16)23-17(18)19/h3-9,17H,1H2,2H3. The maximum atomic E-state index is 12.3. The maximum absolute atomic E-state index is 12.3. The molecule has 1 aromatic heterocycles. The van der Waals surface area contributed by atoms with Crippen LogP contribution in [0.15, 0.2) is 42.6 Å². The Balaban J connectivity index is 2.12. The van der Waals surface area contributed by atoms with Crippen LogP contribution in [0, 0.1) is 6.92 Å². The monoisotopic (exact) mass is 315 g/mol. The van der Waals surface area contributed by atoms with Gasteiger partial charge in [-0.25, -0.2) is 9.97 Å². The van der Waals surface area contributed by atoms with E-state index in [0.717, 1.165) is 16.9 Å². The lowest BCUT2D eigenvalue weighted by Gasteiger charge is -2.10. The highest BCUT2D eigenvalue weighted by molar-refractivity contribution is 5.92. The van der Waals surface area contributed by atoms with Crippen LogP contribution in [-0.4, -0.2) is 23.7 Å². The van der Waals surface area contributed by atoms with Crippen LogP contribution in [0.3, 0.4) is 0 Å². The van der Waals surface area contributed by atoms with Gasteiger partial charge in [-0.05, 0) is 42.3 Å². The van der Waals surface area contributed by atoms with Gasteiger partial charge in [-0.15, -0.1) is 0 Å². The Morgan fingerprint density at radius 2 is 1.87 bits per heavy atom. The van der Waals surface area contributed by atoms with Crippen LogP contribution in [0.1, 0.15) is 5.56 Å². The minimum absolute atomic E-state index is 0.223.